The van der Waals surface area contributed by atoms with Crippen molar-refractivity contribution in [3.63, 3.8) is 0 Å². The van der Waals surface area contributed by atoms with Gasteiger partial charge in [0.25, 0.3) is 0 Å². The first-order chi connectivity index (χ1) is 7.54. The maximum atomic E-state index is 10.6. The number of benzene rings is 1. The second-order valence-corrected chi connectivity index (χ2v) is 4.42. The molecule has 1 atom stereocenters. The van der Waals surface area contributed by atoms with Crippen LogP contribution in [0.4, 0.5) is 0 Å². The molecule has 16 heavy (non-hydrogen) atoms. The van der Waals surface area contributed by atoms with Crippen LogP contribution >= 0.6 is 27.5 Å². The van der Waals surface area contributed by atoms with Gasteiger partial charge in [-0.25, -0.2) is 0 Å². The van der Waals surface area contributed by atoms with Gasteiger partial charge in [-0.2, -0.15) is 0 Å². The first kappa shape index (κ1) is 13.0. The van der Waals surface area contributed by atoms with Crippen LogP contribution in [0.1, 0.15) is 18.0 Å². The zero-order valence-electron chi connectivity index (χ0n) is 8.11. The largest absolute Gasteiger partial charge is 0.481 e. The molecule has 0 radical (unpaired) electrons. The number of carbonyl (C=O) groups is 2. The van der Waals surface area contributed by atoms with Gasteiger partial charge in [0.05, 0.1) is 12.5 Å². The van der Waals surface area contributed by atoms with Crippen molar-refractivity contribution in [2.75, 3.05) is 0 Å². The first-order valence-corrected chi connectivity index (χ1v) is 5.58. The summed E-state index contributed by atoms with van der Waals surface area (Å²) < 4.78 is 0.773. The fourth-order valence-corrected chi connectivity index (χ4v) is 1.93. The van der Waals surface area contributed by atoms with Crippen molar-refractivity contribution in [2.45, 2.75) is 12.5 Å². The molecule has 1 unspecified atom stereocenters. The molecule has 0 saturated carbocycles. The van der Waals surface area contributed by atoms with Crippen LogP contribution in [0, 0.1) is 0 Å². The number of carbonyl (C=O) groups excluding carboxylic acids is 1. The molecular weight excluding hydrogens is 297 g/mol. The summed E-state index contributed by atoms with van der Waals surface area (Å²) in [5, 5.41) is 11.6. The minimum Gasteiger partial charge on any atom is -0.481 e. The van der Waals surface area contributed by atoms with E-state index >= 15 is 0 Å². The standard InChI is InChI=1S/C10H9BrClNO3/c11-6-1-2-8(12)7(3-6)9(13-5-14)4-10(15)16/h1-3,5,9H,4H2,(H,13,14)(H,15,16). The average Bonchev–Trinajstić information content (AvgIpc) is 2.20. The molecule has 4 nitrogen and oxygen atoms in total. The van der Waals surface area contributed by atoms with Crippen LogP contribution in [-0.4, -0.2) is 17.5 Å². The Morgan fingerprint density at radius 1 is 1.62 bits per heavy atom. The van der Waals surface area contributed by atoms with Crippen molar-refractivity contribution in [1.29, 1.82) is 0 Å². The van der Waals surface area contributed by atoms with Gasteiger partial charge < -0.3 is 10.4 Å². The van der Waals surface area contributed by atoms with Crippen LogP contribution in [0.5, 0.6) is 0 Å². The lowest BCUT2D eigenvalue weighted by Gasteiger charge is -2.16. The Morgan fingerprint density at radius 3 is 2.88 bits per heavy atom. The SMILES string of the molecule is O=CNC(CC(=O)O)c1cc(Br)ccc1Cl. The van der Waals surface area contributed by atoms with Crippen molar-refractivity contribution < 1.29 is 14.7 Å². The smallest absolute Gasteiger partial charge is 0.305 e. The Morgan fingerprint density at radius 2 is 2.31 bits per heavy atom. The highest BCUT2D eigenvalue weighted by Gasteiger charge is 2.17. The Bertz CT molecular complexity index is 411. The molecule has 0 heterocycles. The molecule has 86 valence electrons. The minimum absolute atomic E-state index is 0.213. The molecule has 0 aliphatic carbocycles. The van der Waals surface area contributed by atoms with E-state index in [9.17, 15) is 9.59 Å². The lowest BCUT2D eigenvalue weighted by molar-refractivity contribution is -0.137. The molecule has 0 aromatic heterocycles. The minimum atomic E-state index is -1.00. The number of rotatable bonds is 5. The predicted molar refractivity (Wildman–Crippen MR) is 63.3 cm³/mol. The van der Waals surface area contributed by atoms with Crippen LogP contribution in [0.15, 0.2) is 22.7 Å². The van der Waals surface area contributed by atoms with E-state index in [1.165, 1.54) is 0 Å². The van der Waals surface area contributed by atoms with Crippen LogP contribution in [0.25, 0.3) is 0 Å². The molecule has 1 rings (SSSR count). The molecule has 1 aromatic rings. The second kappa shape index (κ2) is 5.86. The molecule has 0 aliphatic rings. The van der Waals surface area contributed by atoms with Crippen molar-refractivity contribution in [3.05, 3.63) is 33.3 Å². The van der Waals surface area contributed by atoms with Gasteiger partial charge in [0.2, 0.25) is 6.41 Å². The van der Waals surface area contributed by atoms with Crippen LogP contribution in [-0.2, 0) is 9.59 Å². The Balaban J connectivity index is 3.03. The van der Waals surface area contributed by atoms with Crippen LogP contribution in [0.2, 0.25) is 5.02 Å². The average molecular weight is 307 g/mol. The maximum Gasteiger partial charge on any atom is 0.305 e. The molecular formula is C10H9BrClNO3. The predicted octanol–water partition coefficient (Wildman–Crippen LogP) is 2.36. The molecule has 2 N–H and O–H groups in total. The van der Waals surface area contributed by atoms with E-state index in [1.807, 2.05) is 0 Å². The van der Waals surface area contributed by atoms with E-state index in [4.69, 9.17) is 16.7 Å². The summed E-state index contributed by atoms with van der Waals surface area (Å²) in [6, 6.07) is 4.44. The highest BCUT2D eigenvalue weighted by Crippen LogP contribution is 2.28. The van der Waals surface area contributed by atoms with E-state index < -0.39 is 12.0 Å². The molecule has 0 spiro atoms. The number of carboxylic acid groups (broad SMARTS) is 1. The first-order valence-electron chi connectivity index (χ1n) is 4.41. The molecule has 0 aliphatic heterocycles. The van der Waals surface area contributed by atoms with Gasteiger partial charge in [-0.15, -0.1) is 0 Å². The van der Waals surface area contributed by atoms with Gasteiger partial charge in [-0.1, -0.05) is 27.5 Å². The highest BCUT2D eigenvalue weighted by molar-refractivity contribution is 9.10. The monoisotopic (exact) mass is 305 g/mol. The summed E-state index contributed by atoms with van der Waals surface area (Å²) in [7, 11) is 0. The zero-order chi connectivity index (χ0) is 12.1. The fourth-order valence-electron chi connectivity index (χ4n) is 1.30. The van der Waals surface area contributed by atoms with E-state index in [0.717, 1.165) is 4.47 Å². The summed E-state index contributed by atoms with van der Waals surface area (Å²) in [6.07, 6.45) is 0.250. The highest BCUT2D eigenvalue weighted by atomic mass is 79.9. The summed E-state index contributed by atoms with van der Waals surface area (Å²) in [5.41, 5.74) is 0.575. The molecule has 1 aromatic carbocycles. The Hall–Kier alpha value is -1.07. The summed E-state index contributed by atoms with van der Waals surface area (Å²) >= 11 is 9.20. The Kier molecular flexibility index (Phi) is 4.76. The van der Waals surface area contributed by atoms with E-state index in [0.29, 0.717) is 17.0 Å². The van der Waals surface area contributed by atoms with Crippen molar-refractivity contribution in [3.8, 4) is 0 Å². The zero-order valence-corrected chi connectivity index (χ0v) is 10.5. The number of aliphatic carboxylic acids is 1. The molecule has 0 fully saturated rings. The summed E-state index contributed by atoms with van der Waals surface area (Å²) in [5.74, 6) is -1.00. The quantitative estimate of drug-likeness (QED) is 0.821. The number of hydrogen-bond donors (Lipinski definition) is 2. The van der Waals surface area contributed by atoms with Crippen LogP contribution in [0.3, 0.4) is 0 Å². The van der Waals surface area contributed by atoms with Gasteiger partial charge in [0.15, 0.2) is 0 Å². The third-order valence-corrected chi connectivity index (χ3v) is 2.82. The van der Waals surface area contributed by atoms with E-state index in [2.05, 4.69) is 21.2 Å². The van der Waals surface area contributed by atoms with Gasteiger partial charge in [0.1, 0.15) is 0 Å². The Labute approximate surface area is 106 Å². The van der Waals surface area contributed by atoms with Gasteiger partial charge in [-0.05, 0) is 23.8 Å². The number of halogens is 2. The maximum absolute atomic E-state index is 10.6. The van der Waals surface area contributed by atoms with Gasteiger partial charge in [0, 0.05) is 9.50 Å². The third kappa shape index (κ3) is 3.50. The van der Waals surface area contributed by atoms with Gasteiger partial charge in [-0.3, -0.25) is 9.59 Å². The third-order valence-electron chi connectivity index (χ3n) is 1.98. The molecule has 0 saturated heterocycles. The van der Waals surface area contributed by atoms with Crippen molar-refractivity contribution >= 4 is 39.9 Å². The van der Waals surface area contributed by atoms with Gasteiger partial charge >= 0.3 is 5.97 Å². The van der Waals surface area contributed by atoms with E-state index in [1.54, 1.807) is 18.2 Å². The second-order valence-electron chi connectivity index (χ2n) is 3.10. The fraction of sp³-hybridized carbons (Fsp3) is 0.200. The normalized spacial score (nSPS) is 11.9. The van der Waals surface area contributed by atoms with E-state index in [-0.39, 0.29) is 6.42 Å². The lowest BCUT2D eigenvalue weighted by atomic mass is 10.0. The molecule has 1 amide bonds. The summed E-state index contributed by atoms with van der Waals surface area (Å²) in [6.45, 7) is 0. The number of nitrogens with one attached hydrogen (secondary N) is 1. The van der Waals surface area contributed by atoms with Crippen molar-refractivity contribution in [2.24, 2.45) is 0 Å². The topological polar surface area (TPSA) is 66.4 Å². The number of amides is 1. The number of hydrogen-bond acceptors (Lipinski definition) is 2. The molecule has 0 bridgehead atoms. The van der Waals surface area contributed by atoms with Crippen LogP contribution < -0.4 is 5.32 Å². The lowest BCUT2D eigenvalue weighted by Crippen LogP contribution is -2.22. The number of carboxylic acids is 1. The summed E-state index contributed by atoms with van der Waals surface area (Å²) in [4.78, 5) is 21.1. The molecule has 6 heteroatoms. The van der Waals surface area contributed by atoms with Crippen molar-refractivity contribution in [1.82, 2.24) is 5.32 Å².